The van der Waals surface area contributed by atoms with Gasteiger partial charge in [-0.05, 0) is 24.3 Å². The van der Waals surface area contributed by atoms with Gasteiger partial charge in [0.2, 0.25) is 5.91 Å². The zero-order chi connectivity index (χ0) is 12.8. The molecule has 0 atom stereocenters. The summed E-state index contributed by atoms with van der Waals surface area (Å²) < 4.78 is 0. The standard InChI is InChI=1S/C15H21NOS/c1-13-7-9-16(10-8-13)15(17)12-18-11-14-5-3-2-4-6-14/h2-6,13H,7-12H2,1H3. The topological polar surface area (TPSA) is 20.3 Å². The zero-order valence-electron chi connectivity index (χ0n) is 11.0. The van der Waals surface area contributed by atoms with Crippen molar-refractivity contribution in [2.45, 2.75) is 25.5 Å². The molecule has 0 N–H and O–H groups in total. The molecule has 0 saturated carbocycles. The van der Waals surface area contributed by atoms with E-state index < -0.39 is 0 Å². The number of carbonyl (C=O) groups is 1. The predicted octanol–water partition coefficient (Wildman–Crippen LogP) is 3.18. The minimum Gasteiger partial charge on any atom is -0.342 e. The lowest BCUT2D eigenvalue weighted by Crippen LogP contribution is -2.38. The second-order valence-electron chi connectivity index (χ2n) is 5.04. The Balaban J connectivity index is 1.69. The van der Waals surface area contributed by atoms with E-state index in [4.69, 9.17) is 0 Å². The molecular weight excluding hydrogens is 242 g/mol. The van der Waals surface area contributed by atoms with E-state index in [-0.39, 0.29) is 0 Å². The predicted molar refractivity (Wildman–Crippen MR) is 77.6 cm³/mol. The average molecular weight is 263 g/mol. The molecule has 1 aliphatic rings. The Morgan fingerprint density at radius 1 is 1.28 bits per heavy atom. The molecule has 3 heteroatoms. The van der Waals surface area contributed by atoms with Gasteiger partial charge in [0.05, 0.1) is 5.75 Å². The molecule has 0 radical (unpaired) electrons. The van der Waals surface area contributed by atoms with Gasteiger partial charge >= 0.3 is 0 Å². The van der Waals surface area contributed by atoms with Gasteiger partial charge in [-0.1, -0.05) is 37.3 Å². The summed E-state index contributed by atoms with van der Waals surface area (Å²) in [5.74, 6) is 2.63. The molecule has 0 aliphatic carbocycles. The van der Waals surface area contributed by atoms with Crippen LogP contribution in [0.15, 0.2) is 30.3 Å². The summed E-state index contributed by atoms with van der Waals surface area (Å²) in [5.41, 5.74) is 1.29. The zero-order valence-corrected chi connectivity index (χ0v) is 11.8. The molecule has 0 aromatic heterocycles. The Labute approximate surface area is 114 Å². The number of benzene rings is 1. The fraction of sp³-hybridized carbons (Fsp3) is 0.533. The van der Waals surface area contributed by atoms with Crippen molar-refractivity contribution in [3.8, 4) is 0 Å². The number of thioether (sulfide) groups is 1. The Bertz CT molecular complexity index is 371. The first-order valence-electron chi connectivity index (χ1n) is 6.65. The highest BCUT2D eigenvalue weighted by Gasteiger charge is 2.19. The van der Waals surface area contributed by atoms with Gasteiger partial charge in [0, 0.05) is 18.8 Å². The van der Waals surface area contributed by atoms with Crippen LogP contribution in [0.25, 0.3) is 0 Å². The highest BCUT2D eigenvalue weighted by molar-refractivity contribution is 7.99. The number of piperidine rings is 1. The van der Waals surface area contributed by atoms with Gasteiger partial charge in [-0.2, -0.15) is 0 Å². The summed E-state index contributed by atoms with van der Waals surface area (Å²) in [7, 11) is 0. The maximum atomic E-state index is 12.0. The summed E-state index contributed by atoms with van der Waals surface area (Å²) in [6, 6.07) is 10.3. The summed E-state index contributed by atoms with van der Waals surface area (Å²) in [4.78, 5) is 14.0. The summed E-state index contributed by atoms with van der Waals surface area (Å²) >= 11 is 1.72. The molecule has 18 heavy (non-hydrogen) atoms. The number of hydrogen-bond acceptors (Lipinski definition) is 2. The van der Waals surface area contributed by atoms with Gasteiger partial charge in [-0.25, -0.2) is 0 Å². The molecule has 98 valence electrons. The van der Waals surface area contributed by atoms with Crippen molar-refractivity contribution in [3.63, 3.8) is 0 Å². The van der Waals surface area contributed by atoms with Gasteiger partial charge in [-0.3, -0.25) is 4.79 Å². The molecule has 1 aromatic rings. The highest BCUT2D eigenvalue weighted by atomic mass is 32.2. The molecule has 0 spiro atoms. The summed E-state index contributed by atoms with van der Waals surface area (Å²) in [6.07, 6.45) is 2.32. The average Bonchev–Trinajstić information content (AvgIpc) is 2.40. The molecule has 2 nitrogen and oxygen atoms in total. The number of rotatable bonds is 4. The number of carbonyl (C=O) groups excluding carboxylic acids is 1. The lowest BCUT2D eigenvalue weighted by Gasteiger charge is -2.30. The SMILES string of the molecule is CC1CCN(C(=O)CSCc2ccccc2)CC1. The highest BCUT2D eigenvalue weighted by Crippen LogP contribution is 2.18. The molecule has 1 amide bonds. The Morgan fingerprint density at radius 3 is 2.61 bits per heavy atom. The first-order chi connectivity index (χ1) is 8.75. The Kier molecular flexibility index (Phi) is 5.12. The van der Waals surface area contributed by atoms with Crippen molar-refractivity contribution >= 4 is 17.7 Å². The third-order valence-corrected chi connectivity index (χ3v) is 4.46. The number of hydrogen-bond donors (Lipinski definition) is 0. The third kappa shape index (κ3) is 4.05. The van der Waals surface area contributed by atoms with E-state index in [2.05, 4.69) is 19.1 Å². The van der Waals surface area contributed by atoms with E-state index in [1.165, 1.54) is 5.56 Å². The van der Waals surface area contributed by atoms with Crippen molar-refractivity contribution in [2.75, 3.05) is 18.8 Å². The minimum atomic E-state index is 0.308. The third-order valence-electron chi connectivity index (χ3n) is 3.47. The van der Waals surface area contributed by atoms with Crippen molar-refractivity contribution < 1.29 is 4.79 Å². The quantitative estimate of drug-likeness (QED) is 0.831. The van der Waals surface area contributed by atoms with Crippen LogP contribution in [0.2, 0.25) is 0 Å². The maximum Gasteiger partial charge on any atom is 0.232 e. The van der Waals surface area contributed by atoms with Gasteiger partial charge in [-0.15, -0.1) is 11.8 Å². The largest absolute Gasteiger partial charge is 0.342 e. The van der Waals surface area contributed by atoms with Crippen molar-refractivity contribution in [2.24, 2.45) is 5.92 Å². The molecular formula is C15H21NOS. The van der Waals surface area contributed by atoms with E-state index in [1.807, 2.05) is 23.1 Å². The van der Waals surface area contributed by atoms with Gasteiger partial charge in [0.15, 0.2) is 0 Å². The second kappa shape index (κ2) is 6.83. The molecule has 1 aliphatic heterocycles. The maximum absolute atomic E-state index is 12.0. The Hall–Kier alpha value is -0.960. The van der Waals surface area contributed by atoms with Crippen LogP contribution < -0.4 is 0 Å². The molecule has 0 bridgehead atoms. The van der Waals surface area contributed by atoms with Crippen LogP contribution in [0.5, 0.6) is 0 Å². The molecule has 1 heterocycles. The lowest BCUT2D eigenvalue weighted by atomic mass is 9.99. The number of amides is 1. The number of likely N-dealkylation sites (tertiary alicyclic amines) is 1. The molecule has 1 fully saturated rings. The van der Waals surface area contributed by atoms with Crippen LogP contribution in [-0.2, 0) is 10.5 Å². The summed E-state index contributed by atoms with van der Waals surface area (Å²) in [5, 5.41) is 0. The first-order valence-corrected chi connectivity index (χ1v) is 7.80. The normalized spacial score (nSPS) is 16.8. The van der Waals surface area contributed by atoms with Crippen LogP contribution >= 0.6 is 11.8 Å². The second-order valence-corrected chi connectivity index (χ2v) is 6.03. The molecule has 0 unspecified atom stereocenters. The molecule has 1 aromatic carbocycles. The lowest BCUT2D eigenvalue weighted by molar-refractivity contribution is -0.129. The van der Waals surface area contributed by atoms with E-state index in [9.17, 15) is 4.79 Å². The van der Waals surface area contributed by atoms with E-state index in [0.29, 0.717) is 11.7 Å². The molecule has 2 rings (SSSR count). The van der Waals surface area contributed by atoms with Crippen LogP contribution in [0.4, 0.5) is 0 Å². The van der Waals surface area contributed by atoms with Crippen molar-refractivity contribution in [1.29, 1.82) is 0 Å². The van der Waals surface area contributed by atoms with E-state index in [0.717, 1.165) is 37.6 Å². The van der Waals surface area contributed by atoms with Gasteiger partial charge < -0.3 is 4.90 Å². The van der Waals surface area contributed by atoms with Crippen molar-refractivity contribution in [3.05, 3.63) is 35.9 Å². The fourth-order valence-electron chi connectivity index (χ4n) is 2.18. The van der Waals surface area contributed by atoms with Crippen LogP contribution in [-0.4, -0.2) is 29.6 Å². The van der Waals surface area contributed by atoms with E-state index >= 15 is 0 Å². The van der Waals surface area contributed by atoms with E-state index in [1.54, 1.807) is 11.8 Å². The van der Waals surface area contributed by atoms with Crippen LogP contribution in [0.3, 0.4) is 0 Å². The van der Waals surface area contributed by atoms with Gasteiger partial charge in [0.1, 0.15) is 0 Å². The van der Waals surface area contributed by atoms with Crippen LogP contribution in [0.1, 0.15) is 25.3 Å². The van der Waals surface area contributed by atoms with Crippen molar-refractivity contribution in [1.82, 2.24) is 4.90 Å². The smallest absolute Gasteiger partial charge is 0.232 e. The Morgan fingerprint density at radius 2 is 1.94 bits per heavy atom. The molecule has 1 saturated heterocycles. The number of nitrogens with zero attached hydrogens (tertiary/aromatic N) is 1. The van der Waals surface area contributed by atoms with Gasteiger partial charge in [0.25, 0.3) is 0 Å². The fourth-order valence-corrected chi connectivity index (χ4v) is 3.07. The monoisotopic (exact) mass is 263 g/mol. The summed E-state index contributed by atoms with van der Waals surface area (Å²) in [6.45, 7) is 4.17. The first kappa shape index (κ1) is 13.5. The van der Waals surface area contributed by atoms with Crippen LogP contribution in [0, 0.1) is 5.92 Å². The minimum absolute atomic E-state index is 0.308.